The van der Waals surface area contributed by atoms with Crippen LogP contribution in [-0.2, 0) is 4.79 Å². The second kappa shape index (κ2) is 5.95. The van der Waals surface area contributed by atoms with Crippen molar-refractivity contribution in [2.75, 3.05) is 13.1 Å². The molecule has 1 aliphatic heterocycles. The molecule has 118 valence electrons. The van der Waals surface area contributed by atoms with Gasteiger partial charge in [-0.2, -0.15) is 13.2 Å². The first kappa shape index (κ1) is 15.7. The Hall–Kier alpha value is -1.73. The number of hydrogen-bond donors (Lipinski definition) is 2. The van der Waals surface area contributed by atoms with Crippen LogP contribution in [0.4, 0.5) is 18.0 Å². The number of halogens is 3. The first-order chi connectivity index (χ1) is 9.77. The highest BCUT2D eigenvalue weighted by atomic mass is 19.4. The molecule has 1 saturated carbocycles. The zero-order chi connectivity index (χ0) is 15.6. The summed E-state index contributed by atoms with van der Waals surface area (Å²) in [5.74, 6) is -0.832. The SMILES string of the molecule is O=C(O)CC(NC(=O)N1CC=C(C(F)(F)F)CC1)C1CC1. The van der Waals surface area contributed by atoms with E-state index in [1.165, 1.54) is 4.90 Å². The van der Waals surface area contributed by atoms with Crippen molar-refractivity contribution in [2.45, 2.75) is 37.9 Å². The van der Waals surface area contributed by atoms with Crippen LogP contribution in [0.5, 0.6) is 0 Å². The van der Waals surface area contributed by atoms with Gasteiger partial charge in [0.25, 0.3) is 0 Å². The molecular weight excluding hydrogens is 289 g/mol. The van der Waals surface area contributed by atoms with Crippen LogP contribution >= 0.6 is 0 Å². The van der Waals surface area contributed by atoms with E-state index in [1.54, 1.807) is 0 Å². The Bertz CT molecular complexity index is 458. The molecule has 0 aromatic heterocycles. The number of aliphatic carboxylic acids is 1. The lowest BCUT2D eigenvalue weighted by atomic mass is 10.1. The van der Waals surface area contributed by atoms with Crippen molar-refractivity contribution in [2.24, 2.45) is 5.92 Å². The number of hydrogen-bond acceptors (Lipinski definition) is 2. The zero-order valence-corrected chi connectivity index (χ0v) is 11.3. The molecule has 1 fully saturated rings. The third-order valence-corrected chi connectivity index (χ3v) is 3.75. The largest absolute Gasteiger partial charge is 0.481 e. The highest BCUT2D eigenvalue weighted by Crippen LogP contribution is 2.34. The van der Waals surface area contributed by atoms with Gasteiger partial charge in [0.15, 0.2) is 0 Å². The molecule has 2 aliphatic rings. The molecule has 0 saturated heterocycles. The molecule has 0 spiro atoms. The molecule has 1 aliphatic carbocycles. The number of nitrogens with one attached hydrogen (secondary N) is 1. The average molecular weight is 306 g/mol. The summed E-state index contributed by atoms with van der Waals surface area (Å²) >= 11 is 0. The van der Waals surface area contributed by atoms with E-state index in [0.717, 1.165) is 18.9 Å². The molecule has 21 heavy (non-hydrogen) atoms. The van der Waals surface area contributed by atoms with Crippen molar-refractivity contribution in [3.05, 3.63) is 11.6 Å². The third-order valence-electron chi connectivity index (χ3n) is 3.75. The van der Waals surface area contributed by atoms with E-state index in [1.807, 2.05) is 0 Å². The number of urea groups is 1. The van der Waals surface area contributed by atoms with Crippen LogP contribution in [0.1, 0.15) is 25.7 Å². The first-order valence-electron chi connectivity index (χ1n) is 6.81. The molecule has 0 bridgehead atoms. The van der Waals surface area contributed by atoms with Gasteiger partial charge in [-0.25, -0.2) is 4.79 Å². The van der Waals surface area contributed by atoms with Gasteiger partial charge in [0, 0.05) is 24.7 Å². The monoisotopic (exact) mass is 306 g/mol. The van der Waals surface area contributed by atoms with E-state index < -0.39 is 29.8 Å². The number of carbonyl (C=O) groups is 2. The van der Waals surface area contributed by atoms with Gasteiger partial charge in [0.1, 0.15) is 0 Å². The van der Waals surface area contributed by atoms with Gasteiger partial charge in [-0.05, 0) is 25.2 Å². The van der Waals surface area contributed by atoms with Crippen molar-refractivity contribution in [3.8, 4) is 0 Å². The lowest BCUT2D eigenvalue weighted by Gasteiger charge is -2.29. The van der Waals surface area contributed by atoms with Gasteiger partial charge in [0.2, 0.25) is 0 Å². The molecule has 5 nitrogen and oxygen atoms in total. The van der Waals surface area contributed by atoms with Gasteiger partial charge in [-0.3, -0.25) is 4.79 Å². The fourth-order valence-corrected chi connectivity index (χ4v) is 2.38. The summed E-state index contributed by atoms with van der Waals surface area (Å²) in [5.41, 5.74) is -0.615. The van der Waals surface area contributed by atoms with Crippen LogP contribution in [0.25, 0.3) is 0 Å². The minimum atomic E-state index is -4.34. The Morgan fingerprint density at radius 1 is 1.43 bits per heavy atom. The first-order valence-corrected chi connectivity index (χ1v) is 6.81. The zero-order valence-electron chi connectivity index (χ0n) is 11.3. The molecular formula is C13H17F3N2O3. The van der Waals surface area contributed by atoms with Crippen molar-refractivity contribution >= 4 is 12.0 Å². The third kappa shape index (κ3) is 4.37. The lowest BCUT2D eigenvalue weighted by molar-refractivity contribution is -0.137. The second-order valence-corrected chi connectivity index (χ2v) is 5.41. The number of carboxylic acids is 1. The minimum absolute atomic E-state index is 0.0123. The molecule has 0 radical (unpaired) electrons. The molecule has 0 aromatic rings. The number of rotatable bonds is 4. The van der Waals surface area contributed by atoms with Crippen LogP contribution in [0.2, 0.25) is 0 Å². The van der Waals surface area contributed by atoms with Crippen LogP contribution in [0, 0.1) is 5.92 Å². The summed E-state index contributed by atoms with van der Waals surface area (Å²) in [6, 6.07) is -0.936. The van der Waals surface area contributed by atoms with Crippen molar-refractivity contribution < 1.29 is 27.9 Å². The summed E-state index contributed by atoms with van der Waals surface area (Å²) in [5, 5.41) is 11.4. The Morgan fingerprint density at radius 2 is 2.10 bits per heavy atom. The number of amides is 2. The standard InChI is InChI=1S/C13H17F3N2O3/c14-13(15,16)9-3-5-18(6-4-9)12(21)17-10(7-11(19)20)8-1-2-8/h3,8,10H,1-2,4-7H2,(H,17,21)(H,19,20). The summed E-state index contributed by atoms with van der Waals surface area (Å²) in [6.45, 7) is -0.118. The molecule has 8 heteroatoms. The molecule has 2 amide bonds. The molecule has 2 N–H and O–H groups in total. The number of carboxylic acid groups (broad SMARTS) is 1. The predicted octanol–water partition coefficient (Wildman–Crippen LogP) is 2.14. The fraction of sp³-hybridized carbons (Fsp3) is 0.692. The summed E-state index contributed by atoms with van der Waals surface area (Å²) < 4.78 is 37.5. The van der Waals surface area contributed by atoms with Crippen LogP contribution in [-0.4, -0.2) is 47.3 Å². The van der Waals surface area contributed by atoms with Crippen LogP contribution in [0.3, 0.4) is 0 Å². The van der Waals surface area contributed by atoms with Crippen LogP contribution < -0.4 is 5.32 Å². The van der Waals surface area contributed by atoms with Gasteiger partial charge < -0.3 is 15.3 Å². The summed E-state index contributed by atoms with van der Waals surface area (Å²) in [4.78, 5) is 24.0. The Labute approximate surface area is 119 Å². The number of alkyl halides is 3. The quantitative estimate of drug-likeness (QED) is 0.782. The maximum atomic E-state index is 12.5. The molecule has 1 unspecified atom stereocenters. The maximum absolute atomic E-state index is 12.5. The van der Waals surface area contributed by atoms with Crippen molar-refractivity contribution in [3.63, 3.8) is 0 Å². The van der Waals surface area contributed by atoms with E-state index in [2.05, 4.69) is 5.32 Å². The van der Waals surface area contributed by atoms with Crippen molar-refractivity contribution in [1.82, 2.24) is 10.2 Å². The summed E-state index contributed by atoms with van der Waals surface area (Å²) in [6.07, 6.45) is -1.99. The van der Waals surface area contributed by atoms with Gasteiger partial charge in [0.05, 0.1) is 6.42 Å². The molecule has 0 aromatic carbocycles. The van der Waals surface area contributed by atoms with Gasteiger partial charge in [-0.1, -0.05) is 6.08 Å². The smallest absolute Gasteiger partial charge is 0.412 e. The van der Waals surface area contributed by atoms with E-state index in [0.29, 0.717) is 0 Å². The van der Waals surface area contributed by atoms with E-state index in [9.17, 15) is 22.8 Å². The molecule has 2 rings (SSSR count). The second-order valence-electron chi connectivity index (χ2n) is 5.41. The number of nitrogens with zero attached hydrogens (tertiary/aromatic N) is 1. The van der Waals surface area contributed by atoms with Gasteiger partial charge >= 0.3 is 18.2 Å². The molecule has 1 heterocycles. The Morgan fingerprint density at radius 3 is 2.52 bits per heavy atom. The molecule has 1 atom stereocenters. The Kier molecular flexibility index (Phi) is 4.43. The van der Waals surface area contributed by atoms with E-state index in [4.69, 9.17) is 5.11 Å². The average Bonchev–Trinajstić information content (AvgIpc) is 3.20. The highest BCUT2D eigenvalue weighted by molar-refractivity contribution is 5.76. The van der Waals surface area contributed by atoms with Gasteiger partial charge in [-0.15, -0.1) is 0 Å². The normalized spacial score (nSPS) is 20.7. The Balaban J connectivity index is 1.89. The minimum Gasteiger partial charge on any atom is -0.481 e. The topological polar surface area (TPSA) is 69.6 Å². The lowest BCUT2D eigenvalue weighted by Crippen LogP contribution is -2.48. The van der Waals surface area contributed by atoms with Crippen molar-refractivity contribution in [1.29, 1.82) is 0 Å². The summed E-state index contributed by atoms with van der Waals surface area (Å²) in [7, 11) is 0. The van der Waals surface area contributed by atoms with Crippen LogP contribution in [0.15, 0.2) is 11.6 Å². The highest BCUT2D eigenvalue weighted by Gasteiger charge is 2.37. The maximum Gasteiger partial charge on any atom is 0.412 e. The van der Waals surface area contributed by atoms with E-state index >= 15 is 0 Å². The predicted molar refractivity (Wildman–Crippen MR) is 67.6 cm³/mol. The fourth-order valence-electron chi connectivity index (χ4n) is 2.38. The number of carbonyl (C=O) groups excluding carboxylic acids is 1. The van der Waals surface area contributed by atoms with E-state index in [-0.39, 0.29) is 31.8 Å².